The van der Waals surface area contributed by atoms with Gasteiger partial charge in [0.2, 0.25) is 15.9 Å². The lowest BCUT2D eigenvalue weighted by molar-refractivity contribution is -0.118. The molecule has 7 nitrogen and oxygen atoms in total. The number of anilines is 2. The summed E-state index contributed by atoms with van der Waals surface area (Å²) >= 11 is 0. The largest absolute Gasteiger partial charge is 0.348 e. The van der Waals surface area contributed by atoms with Gasteiger partial charge in [-0.25, -0.2) is 8.42 Å². The Morgan fingerprint density at radius 1 is 1.04 bits per heavy atom. The SMILES string of the molecule is CC(C)C(=O)Nc1cccc(CNC(=O)c2ccccc2NS(C)(=O)=O)c1. The molecular weight excluding hydrogens is 366 g/mol. The Morgan fingerprint density at radius 2 is 1.74 bits per heavy atom. The molecule has 0 aliphatic carbocycles. The fourth-order valence-electron chi connectivity index (χ4n) is 2.29. The van der Waals surface area contributed by atoms with Gasteiger partial charge in [0.25, 0.3) is 5.91 Å². The molecule has 0 unspecified atom stereocenters. The molecule has 2 aromatic carbocycles. The van der Waals surface area contributed by atoms with E-state index in [-0.39, 0.29) is 29.6 Å². The first kappa shape index (κ1) is 20.4. The molecule has 0 saturated carbocycles. The molecule has 3 N–H and O–H groups in total. The number of rotatable bonds is 7. The van der Waals surface area contributed by atoms with E-state index in [2.05, 4.69) is 15.4 Å². The molecule has 2 rings (SSSR count). The van der Waals surface area contributed by atoms with Gasteiger partial charge in [0.15, 0.2) is 0 Å². The molecule has 0 heterocycles. The van der Waals surface area contributed by atoms with Crippen LogP contribution < -0.4 is 15.4 Å². The highest BCUT2D eigenvalue weighted by atomic mass is 32.2. The van der Waals surface area contributed by atoms with Crippen molar-refractivity contribution < 1.29 is 18.0 Å². The summed E-state index contributed by atoms with van der Waals surface area (Å²) < 4.78 is 25.2. The first-order valence-electron chi connectivity index (χ1n) is 8.40. The highest BCUT2D eigenvalue weighted by Gasteiger charge is 2.13. The summed E-state index contributed by atoms with van der Waals surface area (Å²) in [5.74, 6) is -0.623. The maximum Gasteiger partial charge on any atom is 0.253 e. The van der Waals surface area contributed by atoms with Gasteiger partial charge >= 0.3 is 0 Å². The standard InChI is InChI=1S/C19H23N3O4S/c1-13(2)18(23)21-15-8-6-7-14(11-15)12-20-19(24)16-9-4-5-10-17(16)22-27(3,25)26/h4-11,13,22H,12H2,1-3H3,(H,20,24)(H,21,23). The maximum atomic E-state index is 12.5. The van der Waals surface area contributed by atoms with Crippen molar-refractivity contribution in [3.05, 3.63) is 59.7 Å². The lowest BCUT2D eigenvalue weighted by atomic mass is 10.1. The average molecular weight is 389 g/mol. The van der Waals surface area contributed by atoms with Gasteiger partial charge in [-0.15, -0.1) is 0 Å². The van der Waals surface area contributed by atoms with E-state index in [4.69, 9.17) is 0 Å². The number of para-hydroxylation sites is 1. The van der Waals surface area contributed by atoms with Crippen LogP contribution in [0.25, 0.3) is 0 Å². The molecule has 0 aliphatic heterocycles. The molecule has 0 fully saturated rings. The van der Waals surface area contributed by atoms with E-state index in [0.29, 0.717) is 5.69 Å². The molecule has 2 amide bonds. The minimum Gasteiger partial charge on any atom is -0.348 e. The normalized spacial score (nSPS) is 11.1. The fourth-order valence-corrected chi connectivity index (χ4v) is 2.87. The molecule has 0 atom stereocenters. The summed E-state index contributed by atoms with van der Waals surface area (Å²) in [6, 6.07) is 13.5. The van der Waals surface area contributed by atoms with E-state index in [1.54, 1.807) is 50.2 Å². The summed E-state index contributed by atoms with van der Waals surface area (Å²) in [7, 11) is -3.49. The Bertz CT molecular complexity index is 939. The van der Waals surface area contributed by atoms with Crippen LogP contribution >= 0.6 is 0 Å². The van der Waals surface area contributed by atoms with Gasteiger partial charge < -0.3 is 10.6 Å². The van der Waals surface area contributed by atoms with Gasteiger partial charge in [-0.05, 0) is 29.8 Å². The lowest BCUT2D eigenvalue weighted by Gasteiger charge is -2.12. The summed E-state index contributed by atoms with van der Waals surface area (Å²) in [5.41, 5.74) is 1.90. The van der Waals surface area contributed by atoms with Crippen molar-refractivity contribution in [3.63, 3.8) is 0 Å². The van der Waals surface area contributed by atoms with Gasteiger partial charge in [0, 0.05) is 18.2 Å². The predicted octanol–water partition coefficient (Wildman–Crippen LogP) is 2.58. The van der Waals surface area contributed by atoms with E-state index in [0.717, 1.165) is 11.8 Å². The first-order valence-corrected chi connectivity index (χ1v) is 10.3. The van der Waals surface area contributed by atoms with Crippen LogP contribution in [0, 0.1) is 5.92 Å². The molecule has 0 aromatic heterocycles. The smallest absolute Gasteiger partial charge is 0.253 e. The molecule has 0 aliphatic rings. The highest BCUT2D eigenvalue weighted by Crippen LogP contribution is 2.17. The van der Waals surface area contributed by atoms with Crippen LogP contribution in [0.2, 0.25) is 0 Å². The Morgan fingerprint density at radius 3 is 2.41 bits per heavy atom. The van der Waals surface area contributed by atoms with Gasteiger partial charge in [0.1, 0.15) is 0 Å². The van der Waals surface area contributed by atoms with Crippen molar-refractivity contribution in [1.29, 1.82) is 0 Å². The second kappa shape index (κ2) is 8.68. The topological polar surface area (TPSA) is 104 Å². The number of carbonyl (C=O) groups excluding carboxylic acids is 2. The number of benzene rings is 2. The third kappa shape index (κ3) is 6.41. The lowest BCUT2D eigenvalue weighted by Crippen LogP contribution is -2.25. The zero-order valence-corrected chi connectivity index (χ0v) is 16.3. The van der Waals surface area contributed by atoms with Crippen LogP contribution in [0.5, 0.6) is 0 Å². The number of amides is 2. The second-order valence-electron chi connectivity index (χ2n) is 6.45. The van der Waals surface area contributed by atoms with Crippen LogP contribution in [0.3, 0.4) is 0 Å². The van der Waals surface area contributed by atoms with Crippen LogP contribution in [0.4, 0.5) is 11.4 Å². The molecule has 8 heteroatoms. The van der Waals surface area contributed by atoms with Crippen LogP contribution in [0.1, 0.15) is 29.8 Å². The van der Waals surface area contributed by atoms with Crippen molar-refractivity contribution >= 4 is 33.2 Å². The fraction of sp³-hybridized carbons (Fsp3) is 0.263. The number of sulfonamides is 1. The minimum absolute atomic E-state index is 0.0861. The average Bonchev–Trinajstić information content (AvgIpc) is 2.59. The monoisotopic (exact) mass is 389 g/mol. The maximum absolute atomic E-state index is 12.5. The molecule has 2 aromatic rings. The quantitative estimate of drug-likeness (QED) is 0.677. The molecule has 27 heavy (non-hydrogen) atoms. The molecule has 144 valence electrons. The van der Waals surface area contributed by atoms with E-state index in [9.17, 15) is 18.0 Å². The summed E-state index contributed by atoms with van der Waals surface area (Å²) in [6.45, 7) is 3.85. The van der Waals surface area contributed by atoms with Crippen molar-refractivity contribution in [2.24, 2.45) is 5.92 Å². The van der Waals surface area contributed by atoms with Crippen LogP contribution in [0.15, 0.2) is 48.5 Å². The Labute approximate surface area is 159 Å². The minimum atomic E-state index is -3.49. The predicted molar refractivity (Wildman–Crippen MR) is 106 cm³/mol. The van der Waals surface area contributed by atoms with E-state index in [1.807, 2.05) is 6.07 Å². The zero-order valence-electron chi connectivity index (χ0n) is 15.4. The van der Waals surface area contributed by atoms with Gasteiger partial charge in [-0.3, -0.25) is 14.3 Å². The molecule has 0 saturated heterocycles. The third-order valence-corrected chi connectivity index (χ3v) is 4.23. The zero-order chi connectivity index (χ0) is 20.0. The van der Waals surface area contributed by atoms with Crippen molar-refractivity contribution in [3.8, 4) is 0 Å². The number of hydrogen-bond acceptors (Lipinski definition) is 4. The van der Waals surface area contributed by atoms with E-state index in [1.165, 1.54) is 6.07 Å². The van der Waals surface area contributed by atoms with Gasteiger partial charge in [-0.2, -0.15) is 0 Å². The van der Waals surface area contributed by atoms with Crippen molar-refractivity contribution in [1.82, 2.24) is 5.32 Å². The summed E-state index contributed by atoms with van der Waals surface area (Å²) in [5, 5.41) is 5.57. The van der Waals surface area contributed by atoms with E-state index < -0.39 is 15.9 Å². The van der Waals surface area contributed by atoms with Crippen molar-refractivity contribution in [2.45, 2.75) is 20.4 Å². The Hall–Kier alpha value is -2.87. The number of nitrogens with one attached hydrogen (secondary N) is 3. The first-order chi connectivity index (χ1) is 12.7. The number of carbonyl (C=O) groups is 2. The highest BCUT2D eigenvalue weighted by molar-refractivity contribution is 7.92. The number of hydrogen-bond donors (Lipinski definition) is 3. The second-order valence-corrected chi connectivity index (χ2v) is 8.20. The molecular formula is C19H23N3O4S. The third-order valence-electron chi connectivity index (χ3n) is 3.64. The summed E-state index contributed by atoms with van der Waals surface area (Å²) in [4.78, 5) is 24.3. The van der Waals surface area contributed by atoms with E-state index >= 15 is 0 Å². The Balaban J connectivity index is 2.07. The van der Waals surface area contributed by atoms with Crippen LogP contribution in [-0.4, -0.2) is 26.5 Å². The van der Waals surface area contributed by atoms with Crippen LogP contribution in [-0.2, 0) is 21.4 Å². The van der Waals surface area contributed by atoms with Gasteiger partial charge in [-0.1, -0.05) is 38.1 Å². The summed E-state index contributed by atoms with van der Waals surface area (Å²) in [6.07, 6.45) is 1.03. The molecule has 0 radical (unpaired) electrons. The van der Waals surface area contributed by atoms with Gasteiger partial charge in [0.05, 0.1) is 17.5 Å². The van der Waals surface area contributed by atoms with Crippen molar-refractivity contribution in [2.75, 3.05) is 16.3 Å². The molecule has 0 bridgehead atoms. The Kier molecular flexibility index (Phi) is 6.57. The molecule has 0 spiro atoms.